The van der Waals surface area contributed by atoms with Crippen LogP contribution in [0.25, 0.3) is 22.5 Å². The zero-order valence-electron chi connectivity index (χ0n) is 41.0. The van der Waals surface area contributed by atoms with Gasteiger partial charge >= 0.3 is 0 Å². The highest BCUT2D eigenvalue weighted by molar-refractivity contribution is 7.89. The van der Waals surface area contributed by atoms with E-state index in [9.17, 15) is 16.8 Å². The number of benzene rings is 4. The summed E-state index contributed by atoms with van der Waals surface area (Å²) in [6.07, 6.45) is 0. The lowest BCUT2D eigenvalue weighted by atomic mass is 10.0. The Morgan fingerprint density at radius 2 is 0.882 bits per heavy atom. The Hall–Kier alpha value is -5.24. The van der Waals surface area contributed by atoms with Crippen molar-refractivity contribution >= 4 is 53.0 Å². The van der Waals surface area contributed by atoms with Crippen LogP contribution in [0.1, 0.15) is 44.5 Å². The van der Waals surface area contributed by atoms with Crippen molar-refractivity contribution in [2.75, 3.05) is 90.6 Å². The Labute approximate surface area is 410 Å². The van der Waals surface area contributed by atoms with Crippen molar-refractivity contribution in [1.29, 1.82) is 0 Å². The predicted octanol–water partition coefficient (Wildman–Crippen LogP) is 9.14. The molecule has 18 heteroatoms. The fourth-order valence-corrected chi connectivity index (χ4v) is 14.5. The van der Waals surface area contributed by atoms with Gasteiger partial charge in [-0.3, -0.25) is 0 Å². The standard InChI is InChI=1S/2C25H31N3O4S2/c1-16-13-17(2)19(4)24(18(16)3)34(29,30)28-11-9-27(10-12-28)25-26-21(15-33-25)20-7-8-22(31-5)23(14-20)32-6;1-16-13-17(2)19(4)24(18(16)3)34(29,30)28-11-9-27(10-12-28)25-26-22(15-33-25)21-14-20(31-5)7-8-23(21)32-6/h2*7-8,13-15H,9-12H2,1-6H3. The molecule has 0 aliphatic carbocycles. The van der Waals surface area contributed by atoms with Crippen LogP contribution in [0.2, 0.25) is 0 Å². The number of piperazine rings is 2. The van der Waals surface area contributed by atoms with E-state index in [0.29, 0.717) is 73.6 Å². The quantitative estimate of drug-likeness (QED) is 0.115. The topological polar surface area (TPSA) is 144 Å². The van der Waals surface area contributed by atoms with Gasteiger partial charge in [0.1, 0.15) is 11.5 Å². The summed E-state index contributed by atoms with van der Waals surface area (Å²) in [5, 5.41) is 5.77. The van der Waals surface area contributed by atoms with Crippen LogP contribution in [0.3, 0.4) is 0 Å². The van der Waals surface area contributed by atoms with Gasteiger partial charge in [-0.15, -0.1) is 22.7 Å². The van der Waals surface area contributed by atoms with Gasteiger partial charge in [-0.1, -0.05) is 12.1 Å². The summed E-state index contributed by atoms with van der Waals surface area (Å²) >= 11 is 3.11. The van der Waals surface area contributed by atoms with Gasteiger partial charge in [-0.25, -0.2) is 26.8 Å². The molecule has 0 bridgehead atoms. The molecule has 14 nitrogen and oxygen atoms in total. The zero-order chi connectivity index (χ0) is 49.2. The fraction of sp³-hybridized carbons (Fsp3) is 0.400. The third kappa shape index (κ3) is 10.1. The maximum Gasteiger partial charge on any atom is 0.243 e. The summed E-state index contributed by atoms with van der Waals surface area (Å²) in [7, 11) is -0.638. The molecule has 364 valence electrons. The number of sulfonamides is 2. The van der Waals surface area contributed by atoms with E-state index in [1.807, 2.05) is 103 Å². The summed E-state index contributed by atoms with van der Waals surface area (Å²) in [6.45, 7) is 19.5. The second-order valence-corrected chi connectivity index (χ2v) is 22.6. The van der Waals surface area contributed by atoms with E-state index in [-0.39, 0.29) is 0 Å². The molecule has 68 heavy (non-hydrogen) atoms. The zero-order valence-corrected chi connectivity index (χ0v) is 44.3. The average Bonchev–Trinajstić information content (AvgIpc) is 4.04. The van der Waals surface area contributed by atoms with E-state index in [1.165, 1.54) is 0 Å². The Morgan fingerprint density at radius 3 is 1.31 bits per heavy atom. The van der Waals surface area contributed by atoms with Gasteiger partial charge in [0, 0.05) is 74.2 Å². The van der Waals surface area contributed by atoms with Crippen LogP contribution in [0.15, 0.2) is 69.1 Å². The van der Waals surface area contributed by atoms with Crippen molar-refractivity contribution in [3.63, 3.8) is 0 Å². The number of ether oxygens (including phenoxy) is 4. The van der Waals surface area contributed by atoms with Crippen LogP contribution in [0.5, 0.6) is 23.0 Å². The van der Waals surface area contributed by atoms with Gasteiger partial charge in [0.05, 0.1) is 49.6 Å². The third-order valence-corrected chi connectivity index (χ3v) is 19.3. The second kappa shape index (κ2) is 20.8. The predicted molar refractivity (Wildman–Crippen MR) is 274 cm³/mol. The first-order chi connectivity index (χ1) is 32.3. The second-order valence-electron chi connectivity index (χ2n) is 17.1. The first-order valence-electron chi connectivity index (χ1n) is 22.3. The van der Waals surface area contributed by atoms with Gasteiger partial charge in [-0.05, 0) is 136 Å². The summed E-state index contributed by atoms with van der Waals surface area (Å²) in [5.74, 6) is 2.80. The Balaban J connectivity index is 0.000000201. The number of methoxy groups -OCH3 is 4. The molecule has 0 amide bonds. The molecule has 0 saturated carbocycles. The highest BCUT2D eigenvalue weighted by Crippen LogP contribution is 2.38. The van der Waals surface area contributed by atoms with E-state index in [0.717, 1.165) is 88.8 Å². The molecule has 2 saturated heterocycles. The lowest BCUT2D eigenvalue weighted by Gasteiger charge is -2.34. The number of hydrogen-bond donors (Lipinski definition) is 0. The van der Waals surface area contributed by atoms with Crippen molar-refractivity contribution in [3.8, 4) is 45.5 Å². The Morgan fingerprint density at radius 1 is 0.471 bits per heavy atom. The minimum absolute atomic E-state index is 0.422. The number of nitrogens with zero attached hydrogens (tertiary/aromatic N) is 6. The maximum absolute atomic E-state index is 13.6. The van der Waals surface area contributed by atoms with Crippen molar-refractivity contribution < 1.29 is 35.8 Å². The number of aromatic nitrogens is 2. The van der Waals surface area contributed by atoms with E-state index in [4.69, 9.17) is 28.9 Å². The molecule has 4 aromatic carbocycles. The van der Waals surface area contributed by atoms with Gasteiger partial charge in [0.15, 0.2) is 21.8 Å². The molecule has 8 rings (SSSR count). The summed E-state index contributed by atoms with van der Waals surface area (Å²) in [4.78, 5) is 14.9. The van der Waals surface area contributed by atoms with Crippen LogP contribution in [0, 0.1) is 55.4 Å². The Kier molecular flexibility index (Phi) is 15.5. The molecule has 0 radical (unpaired) electrons. The normalized spacial score (nSPS) is 14.9. The van der Waals surface area contributed by atoms with Crippen molar-refractivity contribution in [3.05, 3.63) is 104 Å². The lowest BCUT2D eigenvalue weighted by Crippen LogP contribution is -2.49. The van der Waals surface area contributed by atoms with E-state index < -0.39 is 20.0 Å². The SMILES string of the molecule is COc1ccc(-c2csc(N3CCN(S(=O)(=O)c4c(C)c(C)cc(C)c4C)CC3)n2)cc1OC.COc1ccc(OC)c(-c2csc(N3CCN(S(=O)(=O)c4c(C)c(C)cc(C)c4C)CC3)n2)c1. The highest BCUT2D eigenvalue weighted by Gasteiger charge is 2.34. The molecule has 0 atom stereocenters. The van der Waals surface area contributed by atoms with Gasteiger partial charge in [-0.2, -0.15) is 8.61 Å². The number of hydrogen-bond acceptors (Lipinski definition) is 14. The summed E-state index contributed by atoms with van der Waals surface area (Å²) in [6, 6.07) is 15.5. The van der Waals surface area contributed by atoms with E-state index in [2.05, 4.69) is 21.9 Å². The van der Waals surface area contributed by atoms with Crippen molar-refractivity contribution in [2.45, 2.75) is 65.2 Å². The van der Waals surface area contributed by atoms with Crippen LogP contribution >= 0.6 is 22.7 Å². The molecule has 0 N–H and O–H groups in total. The summed E-state index contributed by atoms with van der Waals surface area (Å²) in [5.41, 5.74) is 10.8. The fourth-order valence-electron chi connectivity index (χ4n) is 8.72. The van der Waals surface area contributed by atoms with Gasteiger partial charge in [0.2, 0.25) is 20.0 Å². The number of anilines is 2. The third-order valence-electron chi connectivity index (χ3n) is 13.2. The molecule has 2 aliphatic heterocycles. The van der Waals surface area contributed by atoms with Gasteiger partial charge in [0.25, 0.3) is 0 Å². The van der Waals surface area contributed by atoms with Crippen molar-refractivity contribution in [1.82, 2.24) is 18.6 Å². The largest absolute Gasteiger partial charge is 0.497 e. The first kappa shape index (κ1) is 50.6. The number of aryl methyl sites for hydroxylation is 4. The number of thiazole rings is 2. The maximum atomic E-state index is 13.6. The molecule has 4 heterocycles. The van der Waals surface area contributed by atoms with Crippen LogP contribution in [-0.2, 0) is 20.0 Å². The van der Waals surface area contributed by atoms with Crippen LogP contribution < -0.4 is 28.7 Å². The molecule has 6 aromatic rings. The van der Waals surface area contributed by atoms with Crippen molar-refractivity contribution in [2.24, 2.45) is 0 Å². The molecule has 0 spiro atoms. The first-order valence-corrected chi connectivity index (χ1v) is 27.0. The summed E-state index contributed by atoms with van der Waals surface area (Å²) < 4.78 is 79.0. The minimum Gasteiger partial charge on any atom is -0.497 e. The lowest BCUT2D eigenvalue weighted by molar-refractivity contribution is 0.355. The molecular formula is C50H62N6O8S4. The Bertz CT molecular complexity index is 2970. The van der Waals surface area contributed by atoms with E-state index >= 15 is 0 Å². The van der Waals surface area contributed by atoms with E-state index in [1.54, 1.807) is 59.7 Å². The smallest absolute Gasteiger partial charge is 0.243 e. The molecule has 0 unspecified atom stereocenters. The van der Waals surface area contributed by atoms with Crippen LogP contribution in [0.4, 0.5) is 10.3 Å². The molecule has 2 aliphatic rings. The molecule has 2 aromatic heterocycles. The number of rotatable bonds is 12. The minimum atomic E-state index is -3.57. The molecule has 2 fully saturated rings. The molecular weight excluding hydrogens is 941 g/mol. The highest BCUT2D eigenvalue weighted by atomic mass is 32.2. The van der Waals surface area contributed by atoms with Gasteiger partial charge < -0.3 is 28.7 Å². The van der Waals surface area contributed by atoms with Crippen LogP contribution in [-0.4, -0.2) is 116 Å². The average molecular weight is 1000 g/mol. The monoisotopic (exact) mass is 1000 g/mol.